The first-order valence-corrected chi connectivity index (χ1v) is 9.28. The summed E-state index contributed by atoms with van der Waals surface area (Å²) in [4.78, 5) is 31.4. The van der Waals surface area contributed by atoms with Crippen LogP contribution in [0.25, 0.3) is 11.0 Å². The van der Waals surface area contributed by atoms with Gasteiger partial charge in [0.15, 0.2) is 5.65 Å². The second kappa shape index (κ2) is 6.61. The molecule has 0 aromatic carbocycles. The predicted molar refractivity (Wildman–Crippen MR) is 94.0 cm³/mol. The Morgan fingerprint density at radius 2 is 2.04 bits per heavy atom. The number of likely N-dealkylation sites (tertiary alicyclic amines) is 1. The van der Waals surface area contributed by atoms with Crippen LogP contribution >= 0.6 is 0 Å². The van der Waals surface area contributed by atoms with E-state index in [0.717, 1.165) is 25.4 Å². The Kier molecular flexibility index (Phi) is 4.31. The molecule has 2 aromatic rings. The van der Waals surface area contributed by atoms with Crippen molar-refractivity contribution in [2.45, 2.75) is 45.1 Å². The topological polar surface area (TPSA) is 73.0 Å². The first kappa shape index (κ1) is 16.3. The van der Waals surface area contributed by atoms with Gasteiger partial charge >= 0.3 is 0 Å². The third kappa shape index (κ3) is 3.07. The standard InChI is InChI=1S/C18H25N5O2/c1-21-17-15(10-20-21)18(25)23(12-19-17)9-7-16(24)22-8-6-13-4-2-3-5-14(13)11-22/h10,12-14H,2-9,11H2,1H3/t13-,14+/m1/s1. The van der Waals surface area contributed by atoms with Crippen LogP contribution in [0.5, 0.6) is 0 Å². The molecule has 0 spiro atoms. The molecule has 2 aromatic heterocycles. The number of rotatable bonds is 3. The van der Waals surface area contributed by atoms with Gasteiger partial charge in [0.05, 0.1) is 12.5 Å². The van der Waals surface area contributed by atoms with Crippen molar-refractivity contribution >= 4 is 16.9 Å². The minimum Gasteiger partial charge on any atom is -0.342 e. The smallest absolute Gasteiger partial charge is 0.264 e. The fourth-order valence-electron chi connectivity index (χ4n) is 4.43. The highest BCUT2D eigenvalue weighted by molar-refractivity contribution is 5.76. The van der Waals surface area contributed by atoms with Crippen LogP contribution in [0.1, 0.15) is 38.5 Å². The van der Waals surface area contributed by atoms with Gasteiger partial charge in [-0.05, 0) is 24.7 Å². The van der Waals surface area contributed by atoms with Crippen molar-refractivity contribution in [3.8, 4) is 0 Å². The second-order valence-electron chi connectivity index (χ2n) is 7.43. The first-order chi connectivity index (χ1) is 12.1. The van der Waals surface area contributed by atoms with E-state index >= 15 is 0 Å². The van der Waals surface area contributed by atoms with E-state index < -0.39 is 0 Å². The molecule has 2 atom stereocenters. The molecule has 2 fully saturated rings. The minimum atomic E-state index is -0.128. The summed E-state index contributed by atoms with van der Waals surface area (Å²) < 4.78 is 3.11. The van der Waals surface area contributed by atoms with Crippen LogP contribution in [-0.4, -0.2) is 43.2 Å². The lowest BCUT2D eigenvalue weighted by Gasteiger charge is -2.41. The molecular formula is C18H25N5O2. The number of fused-ring (bicyclic) bond motifs is 2. The molecule has 0 N–H and O–H groups in total. The highest BCUT2D eigenvalue weighted by Gasteiger charge is 2.32. The fraction of sp³-hybridized carbons (Fsp3) is 0.667. The lowest BCUT2D eigenvalue weighted by atomic mass is 9.75. The number of carbonyl (C=O) groups excluding carboxylic acids is 1. The largest absolute Gasteiger partial charge is 0.342 e. The van der Waals surface area contributed by atoms with Crippen LogP contribution in [0, 0.1) is 11.8 Å². The number of hydrogen-bond donors (Lipinski definition) is 0. The lowest BCUT2D eigenvalue weighted by molar-refractivity contribution is -0.134. The molecule has 7 nitrogen and oxygen atoms in total. The van der Waals surface area contributed by atoms with Crippen molar-refractivity contribution in [2.24, 2.45) is 18.9 Å². The molecule has 1 saturated heterocycles. The minimum absolute atomic E-state index is 0.128. The molecule has 7 heteroatoms. The van der Waals surface area contributed by atoms with Crippen molar-refractivity contribution in [1.82, 2.24) is 24.2 Å². The number of piperidine rings is 1. The molecule has 0 bridgehead atoms. The Bertz CT molecular complexity index is 840. The maximum Gasteiger partial charge on any atom is 0.264 e. The predicted octanol–water partition coefficient (Wildman–Crippen LogP) is 1.56. The van der Waals surface area contributed by atoms with E-state index in [0.29, 0.717) is 29.9 Å². The summed E-state index contributed by atoms with van der Waals surface area (Å²) in [6, 6.07) is 0. The average molecular weight is 343 g/mol. The SMILES string of the molecule is Cn1ncc2c(=O)n(CCC(=O)N3CC[C@H]4CCCC[C@H]4C3)cnc21. The van der Waals surface area contributed by atoms with Crippen LogP contribution in [-0.2, 0) is 18.4 Å². The summed E-state index contributed by atoms with van der Waals surface area (Å²) >= 11 is 0. The summed E-state index contributed by atoms with van der Waals surface area (Å²) in [7, 11) is 1.76. The molecule has 25 heavy (non-hydrogen) atoms. The molecule has 3 heterocycles. The van der Waals surface area contributed by atoms with Gasteiger partial charge in [-0.15, -0.1) is 0 Å². The monoisotopic (exact) mass is 343 g/mol. The molecule has 2 aliphatic rings. The normalized spacial score (nSPS) is 23.6. The average Bonchev–Trinajstić information content (AvgIpc) is 3.02. The molecule has 4 rings (SSSR count). The molecule has 1 amide bonds. The molecule has 1 aliphatic heterocycles. The third-order valence-electron chi connectivity index (χ3n) is 5.93. The fourth-order valence-corrected chi connectivity index (χ4v) is 4.43. The highest BCUT2D eigenvalue weighted by Crippen LogP contribution is 2.36. The maximum absolute atomic E-state index is 12.6. The lowest BCUT2D eigenvalue weighted by Crippen LogP contribution is -2.45. The van der Waals surface area contributed by atoms with Crippen molar-refractivity contribution < 1.29 is 4.79 Å². The summed E-state index contributed by atoms with van der Waals surface area (Å²) in [6.07, 6.45) is 9.79. The van der Waals surface area contributed by atoms with E-state index in [2.05, 4.69) is 10.1 Å². The highest BCUT2D eigenvalue weighted by atomic mass is 16.2. The summed E-state index contributed by atoms with van der Waals surface area (Å²) in [5, 5.41) is 4.57. The van der Waals surface area contributed by atoms with Crippen LogP contribution in [0.4, 0.5) is 0 Å². The van der Waals surface area contributed by atoms with Crippen LogP contribution in [0.15, 0.2) is 17.3 Å². The Hall–Kier alpha value is -2.18. The van der Waals surface area contributed by atoms with Crippen LogP contribution in [0.3, 0.4) is 0 Å². The summed E-state index contributed by atoms with van der Waals surface area (Å²) in [5.41, 5.74) is 0.448. The van der Waals surface area contributed by atoms with Gasteiger partial charge in [-0.2, -0.15) is 5.10 Å². The van der Waals surface area contributed by atoms with Gasteiger partial charge in [0.2, 0.25) is 5.91 Å². The van der Waals surface area contributed by atoms with E-state index in [1.54, 1.807) is 11.7 Å². The van der Waals surface area contributed by atoms with Gasteiger partial charge in [0.25, 0.3) is 5.56 Å². The van der Waals surface area contributed by atoms with Crippen molar-refractivity contribution in [3.63, 3.8) is 0 Å². The molecule has 1 aliphatic carbocycles. The van der Waals surface area contributed by atoms with Crippen molar-refractivity contribution in [2.75, 3.05) is 13.1 Å². The van der Waals surface area contributed by atoms with E-state index in [1.165, 1.54) is 42.8 Å². The van der Waals surface area contributed by atoms with Gasteiger partial charge in [0.1, 0.15) is 5.39 Å². The first-order valence-electron chi connectivity index (χ1n) is 9.28. The van der Waals surface area contributed by atoms with Crippen molar-refractivity contribution in [1.29, 1.82) is 0 Å². The quantitative estimate of drug-likeness (QED) is 0.848. The Morgan fingerprint density at radius 3 is 2.88 bits per heavy atom. The Morgan fingerprint density at radius 1 is 1.24 bits per heavy atom. The number of aryl methyl sites for hydroxylation is 2. The van der Waals surface area contributed by atoms with E-state index in [1.807, 2.05) is 4.90 Å². The van der Waals surface area contributed by atoms with Crippen LogP contribution < -0.4 is 5.56 Å². The zero-order valence-corrected chi connectivity index (χ0v) is 14.7. The number of hydrogen-bond acceptors (Lipinski definition) is 4. The zero-order chi connectivity index (χ0) is 17.4. The van der Waals surface area contributed by atoms with Gasteiger partial charge in [-0.1, -0.05) is 19.3 Å². The van der Waals surface area contributed by atoms with Gasteiger partial charge in [0, 0.05) is 33.1 Å². The third-order valence-corrected chi connectivity index (χ3v) is 5.93. The van der Waals surface area contributed by atoms with Gasteiger partial charge in [-0.25, -0.2) is 4.98 Å². The van der Waals surface area contributed by atoms with E-state index in [9.17, 15) is 9.59 Å². The number of amides is 1. The molecule has 0 unspecified atom stereocenters. The number of carbonyl (C=O) groups is 1. The van der Waals surface area contributed by atoms with Gasteiger partial charge in [-0.3, -0.25) is 18.8 Å². The van der Waals surface area contributed by atoms with E-state index in [-0.39, 0.29) is 11.5 Å². The van der Waals surface area contributed by atoms with Crippen LogP contribution in [0.2, 0.25) is 0 Å². The number of nitrogens with zero attached hydrogens (tertiary/aromatic N) is 5. The molecular weight excluding hydrogens is 318 g/mol. The van der Waals surface area contributed by atoms with Crippen molar-refractivity contribution in [3.05, 3.63) is 22.9 Å². The zero-order valence-electron chi connectivity index (χ0n) is 14.7. The summed E-state index contributed by atoms with van der Waals surface area (Å²) in [5.74, 6) is 1.65. The Labute approximate surface area is 146 Å². The number of aromatic nitrogens is 4. The molecule has 134 valence electrons. The Balaban J connectivity index is 1.40. The second-order valence-corrected chi connectivity index (χ2v) is 7.43. The van der Waals surface area contributed by atoms with Gasteiger partial charge < -0.3 is 4.90 Å². The summed E-state index contributed by atoms with van der Waals surface area (Å²) in [6.45, 7) is 2.15. The molecule has 0 radical (unpaired) electrons. The molecule has 1 saturated carbocycles. The maximum atomic E-state index is 12.6. The van der Waals surface area contributed by atoms with E-state index in [4.69, 9.17) is 0 Å².